The van der Waals surface area contributed by atoms with Crippen LogP contribution in [0, 0.1) is 0 Å². The Labute approximate surface area is 122 Å². The number of hydrogen-bond acceptors (Lipinski definition) is 4. The number of nitrogens with one attached hydrogen (secondary N) is 2. The summed E-state index contributed by atoms with van der Waals surface area (Å²) < 4.78 is 0. The molecular formula is C15H17N3O3. The molecule has 2 saturated heterocycles. The van der Waals surface area contributed by atoms with E-state index in [1.54, 1.807) is 24.3 Å². The molecule has 0 spiro atoms. The van der Waals surface area contributed by atoms with Crippen LogP contribution in [0.15, 0.2) is 30.3 Å². The van der Waals surface area contributed by atoms with Crippen molar-refractivity contribution in [3.8, 4) is 0 Å². The maximum Gasteiger partial charge on any atom is 0.251 e. The Bertz CT molecular complexity index is 563. The molecule has 0 radical (unpaired) electrons. The first-order valence-corrected chi connectivity index (χ1v) is 7.10. The smallest absolute Gasteiger partial charge is 0.251 e. The predicted octanol–water partition coefficient (Wildman–Crippen LogP) is 0.187. The van der Waals surface area contributed by atoms with Gasteiger partial charge in [0.15, 0.2) is 0 Å². The average Bonchev–Trinajstić information content (AvgIpc) is 2.77. The van der Waals surface area contributed by atoms with Gasteiger partial charge in [-0.1, -0.05) is 18.2 Å². The first kappa shape index (κ1) is 13.8. The number of piperidine rings is 1. The number of imide groups is 1. The van der Waals surface area contributed by atoms with Crippen molar-refractivity contribution in [2.24, 2.45) is 0 Å². The fourth-order valence-corrected chi connectivity index (χ4v) is 2.77. The van der Waals surface area contributed by atoms with Gasteiger partial charge in [0.1, 0.15) is 0 Å². The summed E-state index contributed by atoms with van der Waals surface area (Å²) in [4.78, 5) is 36.9. The Balaban J connectivity index is 1.68. The molecule has 3 rings (SSSR count). The maximum absolute atomic E-state index is 12.4. The molecular weight excluding hydrogens is 270 g/mol. The van der Waals surface area contributed by atoms with Crippen molar-refractivity contribution in [1.29, 1.82) is 0 Å². The second-order valence-electron chi connectivity index (χ2n) is 5.37. The Morgan fingerprint density at radius 2 is 1.90 bits per heavy atom. The number of nitrogens with zero attached hydrogens (tertiary/aromatic N) is 1. The van der Waals surface area contributed by atoms with Crippen LogP contribution in [0.1, 0.15) is 19.3 Å². The van der Waals surface area contributed by atoms with Gasteiger partial charge in [-0.05, 0) is 18.6 Å². The van der Waals surface area contributed by atoms with E-state index in [9.17, 15) is 14.4 Å². The third-order valence-electron chi connectivity index (χ3n) is 3.86. The van der Waals surface area contributed by atoms with Gasteiger partial charge in [-0.2, -0.15) is 0 Å². The fraction of sp³-hybridized carbons (Fsp3) is 0.400. The van der Waals surface area contributed by atoms with Crippen LogP contribution in [-0.4, -0.2) is 36.3 Å². The Hall–Kier alpha value is -2.21. The van der Waals surface area contributed by atoms with Crippen molar-refractivity contribution in [2.45, 2.75) is 31.3 Å². The molecule has 1 aromatic carbocycles. The summed E-state index contributed by atoms with van der Waals surface area (Å²) in [5, 5.41) is 5.96. The highest BCUT2D eigenvalue weighted by atomic mass is 16.2. The second-order valence-corrected chi connectivity index (χ2v) is 5.37. The lowest BCUT2D eigenvalue weighted by molar-refractivity contribution is -0.122. The molecule has 2 unspecified atom stereocenters. The summed E-state index contributed by atoms with van der Waals surface area (Å²) in [6.07, 6.45) is 1.31. The van der Waals surface area contributed by atoms with Crippen molar-refractivity contribution >= 4 is 23.4 Å². The number of carbonyl (C=O) groups is 3. The molecule has 21 heavy (non-hydrogen) atoms. The van der Waals surface area contributed by atoms with Crippen molar-refractivity contribution < 1.29 is 14.4 Å². The molecule has 3 amide bonds. The standard InChI is InChI=1S/C15H17N3O3/c19-13-7-6-10(9-16-13)17-12-8-14(20)18(15(12)21)11-4-2-1-3-5-11/h1-5,10,12,17H,6-9H2,(H,16,19). The number of anilines is 1. The first-order chi connectivity index (χ1) is 10.1. The topological polar surface area (TPSA) is 78.5 Å². The van der Waals surface area contributed by atoms with Crippen LogP contribution < -0.4 is 15.5 Å². The van der Waals surface area contributed by atoms with E-state index in [1.165, 1.54) is 4.90 Å². The summed E-state index contributed by atoms with van der Waals surface area (Å²) in [5.74, 6) is -0.376. The van der Waals surface area contributed by atoms with Crippen LogP contribution in [0.2, 0.25) is 0 Å². The second kappa shape index (κ2) is 5.65. The third-order valence-corrected chi connectivity index (χ3v) is 3.86. The maximum atomic E-state index is 12.4. The summed E-state index contributed by atoms with van der Waals surface area (Å²) in [6.45, 7) is 0.502. The van der Waals surface area contributed by atoms with Gasteiger partial charge in [-0.3, -0.25) is 14.4 Å². The lowest BCUT2D eigenvalue weighted by Gasteiger charge is -2.25. The molecule has 1 aromatic rings. The summed E-state index contributed by atoms with van der Waals surface area (Å²) in [5.41, 5.74) is 0.605. The molecule has 2 fully saturated rings. The summed E-state index contributed by atoms with van der Waals surface area (Å²) in [6, 6.07) is 8.48. The van der Waals surface area contributed by atoms with Crippen LogP contribution in [0.25, 0.3) is 0 Å². The molecule has 6 heteroatoms. The number of carbonyl (C=O) groups excluding carboxylic acids is 3. The largest absolute Gasteiger partial charge is 0.355 e. The molecule has 2 N–H and O–H groups in total. The van der Waals surface area contributed by atoms with Crippen molar-refractivity contribution in [3.63, 3.8) is 0 Å². The molecule has 0 aromatic heterocycles. The van der Waals surface area contributed by atoms with Crippen LogP contribution in [0.5, 0.6) is 0 Å². The number of rotatable bonds is 3. The van der Waals surface area contributed by atoms with Crippen molar-refractivity contribution in [3.05, 3.63) is 30.3 Å². The molecule has 2 aliphatic heterocycles. The minimum absolute atomic E-state index is 0.0350. The van der Waals surface area contributed by atoms with E-state index in [1.807, 2.05) is 6.07 Å². The van der Waals surface area contributed by atoms with E-state index < -0.39 is 6.04 Å². The molecule has 110 valence electrons. The molecule has 2 aliphatic rings. The Morgan fingerprint density at radius 1 is 1.14 bits per heavy atom. The third kappa shape index (κ3) is 2.80. The van der Waals surface area contributed by atoms with Crippen LogP contribution in [-0.2, 0) is 14.4 Å². The Kier molecular flexibility index (Phi) is 3.70. The highest BCUT2D eigenvalue weighted by molar-refractivity contribution is 6.22. The van der Waals surface area contributed by atoms with Crippen LogP contribution in [0.4, 0.5) is 5.69 Å². The van der Waals surface area contributed by atoms with E-state index in [0.29, 0.717) is 25.1 Å². The minimum atomic E-state index is -0.502. The number of benzene rings is 1. The lowest BCUT2D eigenvalue weighted by Crippen LogP contribution is -2.51. The van der Waals surface area contributed by atoms with Crippen LogP contribution >= 0.6 is 0 Å². The average molecular weight is 287 g/mol. The van der Waals surface area contributed by atoms with Gasteiger partial charge < -0.3 is 10.6 Å². The molecule has 2 atom stereocenters. The normalized spacial score (nSPS) is 26.1. The lowest BCUT2D eigenvalue weighted by atomic mass is 10.1. The van der Waals surface area contributed by atoms with E-state index in [4.69, 9.17) is 0 Å². The Morgan fingerprint density at radius 3 is 2.57 bits per heavy atom. The summed E-state index contributed by atoms with van der Waals surface area (Å²) in [7, 11) is 0. The molecule has 0 saturated carbocycles. The van der Waals surface area contributed by atoms with Gasteiger partial charge in [-0.25, -0.2) is 4.90 Å². The van der Waals surface area contributed by atoms with Gasteiger partial charge in [0, 0.05) is 19.0 Å². The zero-order valence-electron chi connectivity index (χ0n) is 11.5. The zero-order chi connectivity index (χ0) is 14.8. The van der Waals surface area contributed by atoms with Gasteiger partial charge >= 0.3 is 0 Å². The number of amides is 3. The first-order valence-electron chi connectivity index (χ1n) is 7.10. The molecule has 2 heterocycles. The fourth-order valence-electron chi connectivity index (χ4n) is 2.77. The molecule has 6 nitrogen and oxygen atoms in total. The summed E-state index contributed by atoms with van der Waals surface area (Å²) >= 11 is 0. The van der Waals surface area contributed by atoms with Gasteiger partial charge in [0.05, 0.1) is 18.2 Å². The van der Waals surface area contributed by atoms with E-state index >= 15 is 0 Å². The number of para-hydroxylation sites is 1. The SMILES string of the molecule is O=C1CCC(NC2CC(=O)N(c3ccccc3)C2=O)CN1. The van der Waals surface area contributed by atoms with E-state index in [-0.39, 0.29) is 30.2 Å². The predicted molar refractivity (Wildman–Crippen MR) is 76.5 cm³/mol. The van der Waals surface area contributed by atoms with E-state index in [0.717, 1.165) is 0 Å². The van der Waals surface area contributed by atoms with Crippen LogP contribution in [0.3, 0.4) is 0 Å². The minimum Gasteiger partial charge on any atom is -0.355 e. The monoisotopic (exact) mass is 287 g/mol. The highest BCUT2D eigenvalue weighted by Gasteiger charge is 2.40. The van der Waals surface area contributed by atoms with E-state index in [2.05, 4.69) is 10.6 Å². The zero-order valence-corrected chi connectivity index (χ0v) is 11.5. The van der Waals surface area contributed by atoms with Crippen molar-refractivity contribution in [2.75, 3.05) is 11.4 Å². The highest BCUT2D eigenvalue weighted by Crippen LogP contribution is 2.23. The van der Waals surface area contributed by atoms with Gasteiger partial charge in [-0.15, -0.1) is 0 Å². The number of hydrogen-bond donors (Lipinski definition) is 2. The van der Waals surface area contributed by atoms with Crippen molar-refractivity contribution in [1.82, 2.24) is 10.6 Å². The van der Waals surface area contributed by atoms with Gasteiger partial charge in [0.2, 0.25) is 11.8 Å². The van der Waals surface area contributed by atoms with Gasteiger partial charge in [0.25, 0.3) is 5.91 Å². The molecule has 0 aliphatic carbocycles. The quantitative estimate of drug-likeness (QED) is 0.778. The molecule has 0 bridgehead atoms.